The molecule has 1 heterocycles. The highest BCUT2D eigenvalue weighted by Gasteiger charge is 2.16. The smallest absolute Gasteiger partial charge is 0.358 e. The highest BCUT2D eigenvalue weighted by atomic mass is 35.5. The molecular formula is C13H10Cl2N2O2. The number of nitrogen functional groups attached to an aromatic ring is 1. The van der Waals surface area contributed by atoms with Crippen molar-refractivity contribution in [1.29, 1.82) is 0 Å². The molecule has 98 valence electrons. The molecular weight excluding hydrogens is 287 g/mol. The van der Waals surface area contributed by atoms with Crippen molar-refractivity contribution in [3.05, 3.63) is 46.1 Å². The number of halogens is 2. The lowest BCUT2D eigenvalue weighted by molar-refractivity contribution is 0.0594. The number of aromatic nitrogens is 1. The topological polar surface area (TPSA) is 65.2 Å². The molecule has 0 aliphatic rings. The normalized spacial score (nSPS) is 10.3. The van der Waals surface area contributed by atoms with E-state index in [9.17, 15) is 4.79 Å². The van der Waals surface area contributed by atoms with E-state index in [0.29, 0.717) is 16.4 Å². The van der Waals surface area contributed by atoms with Gasteiger partial charge in [-0.2, -0.15) is 0 Å². The van der Waals surface area contributed by atoms with Crippen LogP contribution in [0.5, 0.6) is 0 Å². The van der Waals surface area contributed by atoms with Crippen LogP contribution in [0.4, 0.5) is 5.69 Å². The zero-order valence-corrected chi connectivity index (χ0v) is 11.5. The first-order chi connectivity index (χ1) is 9.02. The molecule has 0 saturated heterocycles. The molecule has 0 amide bonds. The number of anilines is 1. The Labute approximate surface area is 120 Å². The Morgan fingerprint density at radius 1 is 1.26 bits per heavy atom. The molecule has 6 heteroatoms. The van der Waals surface area contributed by atoms with Gasteiger partial charge in [0.1, 0.15) is 0 Å². The van der Waals surface area contributed by atoms with Gasteiger partial charge in [-0.05, 0) is 18.2 Å². The van der Waals surface area contributed by atoms with Crippen LogP contribution < -0.4 is 5.73 Å². The van der Waals surface area contributed by atoms with Crippen LogP contribution in [0.3, 0.4) is 0 Å². The van der Waals surface area contributed by atoms with E-state index in [1.165, 1.54) is 13.2 Å². The number of nitrogens with zero attached hydrogens (tertiary/aromatic N) is 1. The molecule has 0 radical (unpaired) electrons. The van der Waals surface area contributed by atoms with E-state index in [-0.39, 0.29) is 10.7 Å². The molecule has 0 unspecified atom stereocenters. The summed E-state index contributed by atoms with van der Waals surface area (Å²) in [5.41, 5.74) is 7.47. The molecule has 0 fully saturated rings. The molecule has 2 aromatic rings. The molecule has 0 bridgehead atoms. The third-order valence-electron chi connectivity index (χ3n) is 2.50. The van der Waals surface area contributed by atoms with E-state index in [1.807, 2.05) is 0 Å². The molecule has 0 aliphatic heterocycles. The summed E-state index contributed by atoms with van der Waals surface area (Å²) in [6.45, 7) is 0. The average molecular weight is 297 g/mol. The number of methoxy groups -OCH3 is 1. The Morgan fingerprint density at radius 2 is 1.89 bits per heavy atom. The number of nitrogens with two attached hydrogens (primary N) is 1. The Balaban J connectivity index is 2.57. The molecule has 0 aliphatic carbocycles. The highest BCUT2D eigenvalue weighted by molar-refractivity contribution is 6.33. The van der Waals surface area contributed by atoms with Gasteiger partial charge in [0.2, 0.25) is 0 Å². The molecule has 1 aromatic heterocycles. The first-order valence-electron chi connectivity index (χ1n) is 5.33. The number of esters is 1. The van der Waals surface area contributed by atoms with E-state index in [4.69, 9.17) is 28.9 Å². The molecule has 4 nitrogen and oxygen atoms in total. The van der Waals surface area contributed by atoms with E-state index in [2.05, 4.69) is 9.72 Å². The van der Waals surface area contributed by atoms with Crippen LogP contribution in [0.2, 0.25) is 10.0 Å². The fourth-order valence-corrected chi connectivity index (χ4v) is 1.94. The molecule has 2 rings (SSSR count). The second-order valence-electron chi connectivity index (χ2n) is 3.76. The lowest BCUT2D eigenvalue weighted by Gasteiger charge is -2.09. The predicted octanol–water partition coefficient (Wildman–Crippen LogP) is 3.42. The minimum Gasteiger partial charge on any atom is -0.464 e. The number of carbonyl (C=O) groups is 1. The maximum Gasteiger partial charge on any atom is 0.358 e. The first kappa shape index (κ1) is 13.6. The summed E-state index contributed by atoms with van der Waals surface area (Å²) < 4.78 is 4.62. The van der Waals surface area contributed by atoms with Crippen LogP contribution in [-0.4, -0.2) is 18.1 Å². The van der Waals surface area contributed by atoms with Gasteiger partial charge in [0.05, 0.1) is 23.5 Å². The first-order valence-corrected chi connectivity index (χ1v) is 6.08. The van der Waals surface area contributed by atoms with Crippen LogP contribution in [0.1, 0.15) is 10.5 Å². The van der Waals surface area contributed by atoms with E-state index in [1.54, 1.807) is 24.3 Å². The van der Waals surface area contributed by atoms with Crippen molar-refractivity contribution in [2.24, 2.45) is 0 Å². The molecule has 19 heavy (non-hydrogen) atoms. The molecule has 0 spiro atoms. The Hall–Kier alpha value is -1.78. The van der Waals surface area contributed by atoms with Crippen molar-refractivity contribution in [2.45, 2.75) is 0 Å². The summed E-state index contributed by atoms with van der Waals surface area (Å²) in [5, 5.41) is 0.756. The van der Waals surface area contributed by atoms with Crippen molar-refractivity contribution in [2.75, 3.05) is 12.8 Å². The van der Waals surface area contributed by atoms with Crippen LogP contribution in [0.25, 0.3) is 11.3 Å². The predicted molar refractivity (Wildman–Crippen MR) is 75.4 cm³/mol. The van der Waals surface area contributed by atoms with Crippen LogP contribution >= 0.6 is 23.2 Å². The van der Waals surface area contributed by atoms with E-state index < -0.39 is 5.97 Å². The van der Waals surface area contributed by atoms with Gasteiger partial charge in [0.25, 0.3) is 0 Å². The fraction of sp³-hybridized carbons (Fsp3) is 0.0769. The lowest BCUT2D eigenvalue weighted by atomic mass is 10.1. The quantitative estimate of drug-likeness (QED) is 0.862. The van der Waals surface area contributed by atoms with Gasteiger partial charge < -0.3 is 10.5 Å². The Morgan fingerprint density at radius 3 is 2.47 bits per heavy atom. The summed E-state index contributed by atoms with van der Waals surface area (Å²) in [7, 11) is 1.26. The maximum atomic E-state index is 11.6. The Bertz CT molecular complexity index is 627. The van der Waals surface area contributed by atoms with Crippen molar-refractivity contribution in [3.8, 4) is 11.3 Å². The number of hydrogen-bond acceptors (Lipinski definition) is 4. The number of ether oxygens (including phenoxy) is 1. The third-order valence-corrected chi connectivity index (χ3v) is 3.04. The molecule has 0 saturated carbocycles. The zero-order chi connectivity index (χ0) is 14.0. The number of carbonyl (C=O) groups excluding carboxylic acids is 1. The summed E-state index contributed by atoms with van der Waals surface area (Å²) >= 11 is 11.7. The largest absolute Gasteiger partial charge is 0.464 e. The van der Waals surface area contributed by atoms with Gasteiger partial charge >= 0.3 is 5.97 Å². The minimum absolute atomic E-state index is 0.0308. The Kier molecular flexibility index (Phi) is 3.93. The second kappa shape index (κ2) is 5.47. The van der Waals surface area contributed by atoms with Gasteiger partial charge in [-0.3, -0.25) is 0 Å². The average Bonchev–Trinajstić information content (AvgIpc) is 2.39. The van der Waals surface area contributed by atoms with Crippen LogP contribution in [0, 0.1) is 0 Å². The standard InChI is InChI=1S/C13H10Cl2N2O2/c1-19-13(18)12-9(15)6-10(16)11(17-12)7-2-4-8(14)5-3-7/h2-6H,16H2,1H3. The molecule has 1 aromatic carbocycles. The van der Waals surface area contributed by atoms with Gasteiger partial charge in [-0.15, -0.1) is 0 Å². The van der Waals surface area contributed by atoms with Gasteiger partial charge in [-0.25, -0.2) is 9.78 Å². The lowest BCUT2D eigenvalue weighted by Crippen LogP contribution is -2.07. The maximum absolute atomic E-state index is 11.6. The SMILES string of the molecule is COC(=O)c1nc(-c2ccc(Cl)cc2)c(N)cc1Cl. The van der Waals surface area contributed by atoms with Gasteiger partial charge in [-0.1, -0.05) is 35.3 Å². The summed E-state index contributed by atoms with van der Waals surface area (Å²) in [6.07, 6.45) is 0. The van der Waals surface area contributed by atoms with Gasteiger partial charge in [0, 0.05) is 10.6 Å². The number of hydrogen-bond donors (Lipinski definition) is 1. The van der Waals surface area contributed by atoms with Gasteiger partial charge in [0.15, 0.2) is 5.69 Å². The van der Waals surface area contributed by atoms with Crippen molar-refractivity contribution < 1.29 is 9.53 Å². The van der Waals surface area contributed by atoms with Crippen molar-refractivity contribution in [1.82, 2.24) is 4.98 Å². The van der Waals surface area contributed by atoms with E-state index in [0.717, 1.165) is 5.56 Å². The summed E-state index contributed by atoms with van der Waals surface area (Å²) in [6, 6.07) is 8.42. The second-order valence-corrected chi connectivity index (χ2v) is 4.60. The van der Waals surface area contributed by atoms with Crippen molar-refractivity contribution >= 4 is 34.9 Å². The minimum atomic E-state index is -0.611. The number of pyridine rings is 1. The highest BCUT2D eigenvalue weighted by Crippen LogP contribution is 2.29. The number of benzene rings is 1. The third kappa shape index (κ3) is 2.80. The fourth-order valence-electron chi connectivity index (χ4n) is 1.58. The zero-order valence-electron chi connectivity index (χ0n) is 9.98. The van der Waals surface area contributed by atoms with Crippen LogP contribution in [0.15, 0.2) is 30.3 Å². The van der Waals surface area contributed by atoms with E-state index >= 15 is 0 Å². The monoisotopic (exact) mass is 296 g/mol. The summed E-state index contributed by atoms with van der Waals surface area (Å²) in [4.78, 5) is 15.7. The van der Waals surface area contributed by atoms with Crippen molar-refractivity contribution in [3.63, 3.8) is 0 Å². The molecule has 2 N–H and O–H groups in total. The van der Waals surface area contributed by atoms with Crippen LogP contribution in [-0.2, 0) is 4.74 Å². The molecule has 0 atom stereocenters. The number of rotatable bonds is 2. The summed E-state index contributed by atoms with van der Waals surface area (Å²) in [5.74, 6) is -0.611.